The monoisotopic (exact) mass is 298 g/mol. The van der Waals surface area contributed by atoms with Gasteiger partial charge in [-0.1, -0.05) is 19.1 Å². The largest absolute Gasteiger partial charge is 0.493 e. The Labute approximate surface area is 118 Å². The summed E-state index contributed by atoms with van der Waals surface area (Å²) in [6.45, 7) is 2.34. The summed E-state index contributed by atoms with van der Waals surface area (Å²) in [7, 11) is 0. The molecule has 0 aliphatic carbocycles. The summed E-state index contributed by atoms with van der Waals surface area (Å²) < 4.78 is 43.7. The fourth-order valence-electron chi connectivity index (χ4n) is 1.76. The number of hydrogen-bond acceptors (Lipinski definition) is 3. The molecule has 0 aliphatic rings. The lowest BCUT2D eigenvalue weighted by Crippen LogP contribution is -2.19. The lowest BCUT2D eigenvalue weighted by molar-refractivity contribution is -0.141. The minimum Gasteiger partial charge on any atom is -0.493 e. The lowest BCUT2D eigenvalue weighted by Gasteiger charge is -2.11. The Morgan fingerprint density at radius 2 is 2.00 bits per heavy atom. The van der Waals surface area contributed by atoms with E-state index >= 15 is 0 Å². The van der Waals surface area contributed by atoms with Crippen LogP contribution in [-0.4, -0.2) is 16.6 Å². The van der Waals surface area contributed by atoms with Crippen molar-refractivity contribution in [2.75, 3.05) is 6.61 Å². The Hall–Kier alpha value is -2.31. The molecular weight excluding hydrogens is 285 g/mol. The van der Waals surface area contributed by atoms with E-state index in [9.17, 15) is 18.0 Å². The van der Waals surface area contributed by atoms with Crippen molar-refractivity contribution in [1.82, 2.24) is 9.97 Å². The highest BCUT2D eigenvalue weighted by Gasteiger charge is 2.32. The second-order valence-electron chi connectivity index (χ2n) is 4.33. The van der Waals surface area contributed by atoms with Gasteiger partial charge in [0.15, 0.2) is 0 Å². The van der Waals surface area contributed by atoms with E-state index in [2.05, 4.69) is 4.98 Å². The van der Waals surface area contributed by atoms with Crippen molar-refractivity contribution >= 4 is 0 Å². The predicted octanol–water partition coefficient (Wildman–Crippen LogP) is 3.24. The highest BCUT2D eigenvalue weighted by atomic mass is 19.4. The van der Waals surface area contributed by atoms with Crippen LogP contribution in [0.15, 0.2) is 35.1 Å². The molecule has 0 amide bonds. The maximum absolute atomic E-state index is 12.7. The number of aromatic nitrogens is 2. The van der Waals surface area contributed by atoms with Crippen molar-refractivity contribution < 1.29 is 17.9 Å². The standard InChI is InChI=1S/C14H13F3N2O2/c1-2-7-21-11-6-4-3-5-9(11)10-8-12(14(15,16)17)19-13(20)18-10/h3-6,8H,2,7H2,1H3,(H,18,19,20). The first-order valence-corrected chi connectivity index (χ1v) is 6.32. The first-order valence-electron chi connectivity index (χ1n) is 6.32. The van der Waals surface area contributed by atoms with E-state index < -0.39 is 17.6 Å². The summed E-state index contributed by atoms with van der Waals surface area (Å²) in [6.07, 6.45) is -3.89. The van der Waals surface area contributed by atoms with E-state index in [1.807, 2.05) is 6.92 Å². The number of halogens is 3. The van der Waals surface area contributed by atoms with Gasteiger partial charge in [0.2, 0.25) is 0 Å². The average Bonchev–Trinajstić information content (AvgIpc) is 2.44. The van der Waals surface area contributed by atoms with E-state index in [-0.39, 0.29) is 5.69 Å². The van der Waals surface area contributed by atoms with E-state index in [0.717, 1.165) is 12.5 Å². The number of nitrogens with zero attached hydrogens (tertiary/aromatic N) is 1. The summed E-state index contributed by atoms with van der Waals surface area (Å²) in [5.74, 6) is 0.394. The van der Waals surface area contributed by atoms with E-state index in [1.54, 1.807) is 29.2 Å². The molecule has 0 unspecified atom stereocenters. The molecule has 0 aliphatic heterocycles. The SMILES string of the molecule is CCCOc1ccccc1-c1cc(C(F)(F)F)[nH]c(=O)n1. The molecule has 0 spiro atoms. The number of alkyl halides is 3. The van der Waals surface area contributed by atoms with E-state index in [0.29, 0.717) is 17.9 Å². The molecule has 0 bridgehead atoms. The molecule has 0 atom stereocenters. The molecule has 0 saturated carbocycles. The number of para-hydroxylation sites is 1. The van der Waals surface area contributed by atoms with Crippen molar-refractivity contribution in [3.8, 4) is 17.0 Å². The fourth-order valence-corrected chi connectivity index (χ4v) is 1.76. The van der Waals surface area contributed by atoms with Gasteiger partial charge in [-0.3, -0.25) is 0 Å². The Morgan fingerprint density at radius 3 is 2.67 bits per heavy atom. The maximum atomic E-state index is 12.7. The molecule has 0 radical (unpaired) electrons. The molecule has 1 aromatic carbocycles. The molecule has 0 fully saturated rings. The Bertz CT molecular complexity index is 680. The van der Waals surface area contributed by atoms with Crippen LogP contribution >= 0.6 is 0 Å². The first kappa shape index (κ1) is 15.1. The number of nitrogens with one attached hydrogen (secondary N) is 1. The van der Waals surface area contributed by atoms with Crippen LogP contribution < -0.4 is 10.4 Å². The number of benzene rings is 1. The van der Waals surface area contributed by atoms with Gasteiger partial charge in [-0.2, -0.15) is 18.2 Å². The predicted molar refractivity (Wildman–Crippen MR) is 71.1 cm³/mol. The third-order valence-corrected chi connectivity index (χ3v) is 2.67. The van der Waals surface area contributed by atoms with Gasteiger partial charge in [-0.05, 0) is 24.6 Å². The van der Waals surface area contributed by atoms with Crippen molar-refractivity contribution in [3.05, 3.63) is 46.5 Å². The Kier molecular flexibility index (Phi) is 4.30. The highest BCUT2D eigenvalue weighted by molar-refractivity contribution is 5.67. The quantitative estimate of drug-likeness (QED) is 0.942. The number of aromatic amines is 1. The van der Waals surface area contributed by atoms with Gasteiger partial charge in [-0.25, -0.2) is 4.79 Å². The van der Waals surface area contributed by atoms with E-state index in [4.69, 9.17) is 4.74 Å². The molecule has 112 valence electrons. The van der Waals surface area contributed by atoms with Crippen LogP contribution in [0.5, 0.6) is 5.75 Å². The minimum absolute atomic E-state index is 0.0715. The average molecular weight is 298 g/mol. The van der Waals surface area contributed by atoms with E-state index in [1.165, 1.54) is 0 Å². The van der Waals surface area contributed by atoms with Gasteiger partial charge in [0.1, 0.15) is 11.4 Å². The molecule has 1 N–H and O–H groups in total. The molecule has 0 saturated heterocycles. The van der Waals surface area contributed by atoms with Crippen LogP contribution in [0.2, 0.25) is 0 Å². The van der Waals surface area contributed by atoms with Gasteiger partial charge in [0.25, 0.3) is 0 Å². The lowest BCUT2D eigenvalue weighted by atomic mass is 10.1. The number of rotatable bonds is 4. The van der Waals surface area contributed by atoms with Crippen LogP contribution in [0.25, 0.3) is 11.3 Å². The zero-order valence-corrected chi connectivity index (χ0v) is 11.2. The second-order valence-corrected chi connectivity index (χ2v) is 4.33. The molecule has 2 rings (SSSR count). The van der Waals surface area contributed by atoms with Gasteiger partial charge in [-0.15, -0.1) is 0 Å². The van der Waals surface area contributed by atoms with Gasteiger partial charge in [0.05, 0.1) is 12.3 Å². The summed E-state index contributed by atoms with van der Waals surface area (Å²) >= 11 is 0. The summed E-state index contributed by atoms with van der Waals surface area (Å²) in [6, 6.07) is 7.33. The topological polar surface area (TPSA) is 55.0 Å². The molecule has 2 aromatic rings. The fraction of sp³-hybridized carbons (Fsp3) is 0.286. The number of ether oxygens (including phenoxy) is 1. The molecule has 7 heteroatoms. The molecular formula is C14H13F3N2O2. The normalized spacial score (nSPS) is 11.4. The van der Waals surface area contributed by atoms with Gasteiger partial charge in [0, 0.05) is 5.56 Å². The van der Waals surface area contributed by atoms with Crippen LogP contribution in [0.3, 0.4) is 0 Å². The molecule has 4 nitrogen and oxygen atoms in total. The second kappa shape index (κ2) is 5.99. The van der Waals surface area contributed by atoms with Gasteiger partial charge < -0.3 is 9.72 Å². The number of hydrogen-bond donors (Lipinski definition) is 1. The molecule has 1 heterocycles. The minimum atomic E-state index is -4.64. The van der Waals surface area contributed by atoms with Crippen LogP contribution in [0.1, 0.15) is 19.0 Å². The summed E-state index contributed by atoms with van der Waals surface area (Å²) in [5.41, 5.74) is -1.91. The Balaban J connectivity index is 2.52. The maximum Gasteiger partial charge on any atom is 0.431 e. The third-order valence-electron chi connectivity index (χ3n) is 2.67. The zero-order chi connectivity index (χ0) is 15.5. The van der Waals surface area contributed by atoms with Crippen molar-refractivity contribution in [3.63, 3.8) is 0 Å². The van der Waals surface area contributed by atoms with Gasteiger partial charge >= 0.3 is 11.9 Å². The van der Waals surface area contributed by atoms with Crippen LogP contribution in [0.4, 0.5) is 13.2 Å². The summed E-state index contributed by atoms with van der Waals surface area (Å²) in [4.78, 5) is 16.6. The summed E-state index contributed by atoms with van der Waals surface area (Å²) in [5, 5.41) is 0. The van der Waals surface area contributed by atoms with Crippen LogP contribution in [-0.2, 0) is 6.18 Å². The van der Waals surface area contributed by atoms with Crippen molar-refractivity contribution in [2.24, 2.45) is 0 Å². The van der Waals surface area contributed by atoms with Crippen molar-refractivity contribution in [1.29, 1.82) is 0 Å². The zero-order valence-electron chi connectivity index (χ0n) is 11.2. The Morgan fingerprint density at radius 1 is 1.29 bits per heavy atom. The smallest absolute Gasteiger partial charge is 0.431 e. The molecule has 21 heavy (non-hydrogen) atoms. The first-order chi connectivity index (χ1) is 9.91. The third kappa shape index (κ3) is 3.62. The molecule has 1 aromatic heterocycles. The number of H-pyrrole nitrogens is 1. The van der Waals surface area contributed by atoms with Crippen LogP contribution in [0, 0.1) is 0 Å². The highest BCUT2D eigenvalue weighted by Crippen LogP contribution is 2.32. The van der Waals surface area contributed by atoms with Crippen molar-refractivity contribution in [2.45, 2.75) is 19.5 Å².